The molecule has 1 aromatic heterocycles. The third-order valence-electron chi connectivity index (χ3n) is 1.60. The van der Waals surface area contributed by atoms with Crippen LogP contribution in [0, 0.1) is 0 Å². The van der Waals surface area contributed by atoms with E-state index in [2.05, 4.69) is 9.97 Å². The summed E-state index contributed by atoms with van der Waals surface area (Å²) < 4.78 is 35.4. The molecule has 15 heavy (non-hydrogen) atoms. The van der Waals surface area contributed by atoms with Crippen LogP contribution in [0.5, 0.6) is 0 Å². The zero-order valence-corrected chi connectivity index (χ0v) is 8.14. The van der Waals surface area contributed by atoms with Gasteiger partial charge in [0.05, 0.1) is 18.1 Å². The predicted octanol–water partition coefficient (Wildman–Crippen LogP) is 2.19. The fourth-order valence-corrected chi connectivity index (χ4v) is 0.949. The number of ketones is 1. The molecule has 0 N–H and O–H groups in total. The number of halogens is 4. The molecule has 0 bridgehead atoms. The van der Waals surface area contributed by atoms with Gasteiger partial charge in [0.15, 0.2) is 0 Å². The monoisotopic (exact) mass is 238 g/mol. The summed E-state index contributed by atoms with van der Waals surface area (Å²) in [5.41, 5.74) is 0.303. The number of Topliss-reactive ketones (excluding diaryl/α,β-unsaturated/α-hetero) is 1. The van der Waals surface area contributed by atoms with Gasteiger partial charge in [0.25, 0.3) is 0 Å². The molecule has 0 saturated heterocycles. The second-order valence-corrected chi connectivity index (χ2v) is 3.14. The molecule has 1 heterocycles. The lowest BCUT2D eigenvalue weighted by Gasteiger charge is -2.03. The summed E-state index contributed by atoms with van der Waals surface area (Å²) in [5, 5.41) is 0.154. The minimum Gasteiger partial charge on any atom is -0.290 e. The van der Waals surface area contributed by atoms with Gasteiger partial charge in [-0.15, -0.1) is 0 Å². The Balaban J connectivity index is 2.51. The predicted molar refractivity (Wildman–Crippen MR) is 46.4 cm³/mol. The maximum Gasteiger partial charge on any atom is 0.449 e. The molecule has 0 aliphatic heterocycles. The third kappa shape index (κ3) is 3.83. The molecule has 1 rings (SSSR count). The van der Waals surface area contributed by atoms with E-state index in [1.165, 1.54) is 12.4 Å². The van der Waals surface area contributed by atoms with Gasteiger partial charge in [-0.2, -0.15) is 13.2 Å². The van der Waals surface area contributed by atoms with Crippen LogP contribution in [0.25, 0.3) is 0 Å². The SMILES string of the molecule is O=C(CCc1cnc(Cl)cn1)C(F)(F)F. The Kier molecular flexibility index (Phi) is 3.62. The Morgan fingerprint density at radius 3 is 2.47 bits per heavy atom. The van der Waals surface area contributed by atoms with Gasteiger partial charge in [-0.3, -0.25) is 9.78 Å². The van der Waals surface area contributed by atoms with Gasteiger partial charge in [0, 0.05) is 6.42 Å². The first-order chi connectivity index (χ1) is 6.89. The van der Waals surface area contributed by atoms with Crippen molar-refractivity contribution in [3.8, 4) is 0 Å². The molecule has 0 aliphatic rings. The Morgan fingerprint density at radius 1 is 1.33 bits per heavy atom. The minimum absolute atomic E-state index is 0.0947. The lowest BCUT2D eigenvalue weighted by Crippen LogP contribution is -2.23. The van der Waals surface area contributed by atoms with Crippen molar-refractivity contribution in [2.75, 3.05) is 0 Å². The van der Waals surface area contributed by atoms with Crippen molar-refractivity contribution in [3.05, 3.63) is 23.2 Å². The van der Waals surface area contributed by atoms with Crippen molar-refractivity contribution < 1.29 is 18.0 Å². The summed E-state index contributed by atoms with van der Waals surface area (Å²) in [6, 6.07) is 0. The molecule has 0 aliphatic carbocycles. The number of aromatic nitrogens is 2. The largest absolute Gasteiger partial charge is 0.449 e. The number of hydrogen-bond donors (Lipinski definition) is 0. The highest BCUT2D eigenvalue weighted by Crippen LogP contribution is 2.18. The van der Waals surface area contributed by atoms with E-state index >= 15 is 0 Å². The molecular formula is C8H6ClF3N2O. The van der Waals surface area contributed by atoms with Crippen molar-refractivity contribution in [1.29, 1.82) is 0 Å². The van der Waals surface area contributed by atoms with Crippen LogP contribution < -0.4 is 0 Å². The van der Waals surface area contributed by atoms with Gasteiger partial charge < -0.3 is 0 Å². The average molecular weight is 239 g/mol. The number of carbonyl (C=O) groups is 1. The van der Waals surface area contributed by atoms with Crippen molar-refractivity contribution in [2.24, 2.45) is 0 Å². The maximum atomic E-state index is 11.8. The number of rotatable bonds is 3. The molecule has 82 valence electrons. The summed E-state index contributed by atoms with van der Waals surface area (Å²) in [7, 11) is 0. The second kappa shape index (κ2) is 4.57. The first kappa shape index (κ1) is 11.9. The topological polar surface area (TPSA) is 42.9 Å². The normalized spacial score (nSPS) is 11.5. The summed E-state index contributed by atoms with van der Waals surface area (Å²) >= 11 is 5.43. The first-order valence-electron chi connectivity index (χ1n) is 3.96. The fraction of sp³-hybridized carbons (Fsp3) is 0.375. The van der Waals surface area contributed by atoms with E-state index < -0.39 is 18.4 Å². The van der Waals surface area contributed by atoms with Crippen molar-refractivity contribution in [2.45, 2.75) is 19.0 Å². The molecule has 0 fully saturated rings. The van der Waals surface area contributed by atoms with Crippen molar-refractivity contribution >= 4 is 17.4 Å². The van der Waals surface area contributed by atoms with Gasteiger partial charge in [0.1, 0.15) is 5.15 Å². The van der Waals surface area contributed by atoms with E-state index in [-0.39, 0.29) is 11.6 Å². The molecule has 0 spiro atoms. The number of nitrogens with zero attached hydrogens (tertiary/aromatic N) is 2. The van der Waals surface area contributed by atoms with Crippen LogP contribution in [0.15, 0.2) is 12.4 Å². The highest BCUT2D eigenvalue weighted by atomic mass is 35.5. The molecule has 3 nitrogen and oxygen atoms in total. The molecule has 0 atom stereocenters. The molecule has 0 unspecified atom stereocenters. The summed E-state index contributed by atoms with van der Waals surface area (Å²) in [6.45, 7) is 0. The van der Waals surface area contributed by atoms with Gasteiger partial charge in [-0.05, 0) is 6.42 Å². The number of carbonyl (C=O) groups excluding carboxylic acids is 1. The second-order valence-electron chi connectivity index (χ2n) is 2.75. The Labute approximate surface area is 88.3 Å². The average Bonchev–Trinajstić information content (AvgIpc) is 2.15. The van der Waals surface area contributed by atoms with Crippen LogP contribution in [0.1, 0.15) is 12.1 Å². The van der Waals surface area contributed by atoms with Gasteiger partial charge in [0.2, 0.25) is 5.78 Å². The van der Waals surface area contributed by atoms with Crippen LogP contribution in [-0.2, 0) is 11.2 Å². The minimum atomic E-state index is -4.78. The van der Waals surface area contributed by atoms with Crippen LogP contribution >= 0.6 is 11.6 Å². The smallest absolute Gasteiger partial charge is 0.290 e. The standard InChI is InChI=1S/C8H6ClF3N2O/c9-7-4-13-5(3-14-7)1-2-6(15)8(10,11)12/h3-4H,1-2H2. The van der Waals surface area contributed by atoms with E-state index in [4.69, 9.17) is 11.6 Å². The lowest BCUT2D eigenvalue weighted by atomic mass is 10.2. The van der Waals surface area contributed by atoms with Crippen molar-refractivity contribution in [3.63, 3.8) is 0 Å². The van der Waals surface area contributed by atoms with E-state index in [9.17, 15) is 18.0 Å². The molecule has 0 radical (unpaired) electrons. The van der Waals surface area contributed by atoms with E-state index in [1.807, 2.05) is 0 Å². The van der Waals surface area contributed by atoms with Gasteiger partial charge >= 0.3 is 6.18 Å². The van der Waals surface area contributed by atoms with Gasteiger partial charge in [-0.1, -0.05) is 11.6 Å². The summed E-state index contributed by atoms with van der Waals surface area (Å²) in [5.74, 6) is -1.76. The molecule has 0 amide bonds. The molecular weight excluding hydrogens is 233 g/mol. The quantitative estimate of drug-likeness (QED) is 0.811. The molecule has 7 heteroatoms. The maximum absolute atomic E-state index is 11.8. The van der Waals surface area contributed by atoms with Crippen LogP contribution in [0.2, 0.25) is 5.15 Å². The summed E-state index contributed by atoms with van der Waals surface area (Å²) in [4.78, 5) is 17.9. The molecule has 1 aromatic rings. The van der Waals surface area contributed by atoms with Gasteiger partial charge in [-0.25, -0.2) is 4.98 Å². The highest BCUT2D eigenvalue weighted by Gasteiger charge is 2.37. The van der Waals surface area contributed by atoms with Crippen LogP contribution in [-0.4, -0.2) is 21.9 Å². The number of aryl methyl sites for hydroxylation is 1. The molecule has 0 aromatic carbocycles. The zero-order valence-electron chi connectivity index (χ0n) is 7.38. The third-order valence-corrected chi connectivity index (χ3v) is 1.79. The van der Waals surface area contributed by atoms with Crippen LogP contribution in [0.3, 0.4) is 0 Å². The molecule has 0 saturated carbocycles. The Morgan fingerprint density at radius 2 is 2.00 bits per heavy atom. The van der Waals surface area contributed by atoms with Crippen molar-refractivity contribution in [1.82, 2.24) is 9.97 Å². The highest BCUT2D eigenvalue weighted by molar-refractivity contribution is 6.29. The zero-order chi connectivity index (χ0) is 11.5. The fourth-order valence-electron chi connectivity index (χ4n) is 0.851. The summed E-state index contributed by atoms with van der Waals surface area (Å²) in [6.07, 6.45) is -3.04. The number of alkyl halides is 3. The Hall–Kier alpha value is -1.17. The Bertz CT molecular complexity index is 350. The van der Waals surface area contributed by atoms with E-state index in [0.29, 0.717) is 5.69 Å². The number of hydrogen-bond acceptors (Lipinski definition) is 3. The van der Waals surface area contributed by atoms with Crippen LogP contribution in [0.4, 0.5) is 13.2 Å². The first-order valence-corrected chi connectivity index (χ1v) is 4.34. The van der Waals surface area contributed by atoms with E-state index in [1.54, 1.807) is 0 Å². The van der Waals surface area contributed by atoms with E-state index in [0.717, 1.165) is 0 Å². The lowest BCUT2D eigenvalue weighted by molar-refractivity contribution is -0.171.